The number of nitrogens with one attached hydrogen (secondary N) is 2. The zero-order valence-electron chi connectivity index (χ0n) is 36.8. The van der Waals surface area contributed by atoms with Crippen molar-refractivity contribution in [2.24, 2.45) is 0 Å². The molecule has 0 radical (unpaired) electrons. The summed E-state index contributed by atoms with van der Waals surface area (Å²) in [6.07, 6.45) is 18.5. The summed E-state index contributed by atoms with van der Waals surface area (Å²) in [4.78, 5) is 39.6. The molecule has 7 aromatic rings. The first-order chi connectivity index (χ1) is 30.6. The van der Waals surface area contributed by atoms with Gasteiger partial charge in [0, 0.05) is 43.8 Å². The molecule has 0 aliphatic carbocycles. The molecule has 3 N–H and O–H groups in total. The van der Waals surface area contributed by atoms with Crippen LogP contribution in [0.4, 0.5) is 0 Å². The average molecular weight is 867 g/mol. The Balaban J connectivity index is 0.00000261. The standard InChI is InChI=1S/C52H58N8.Mn.H2O/c1-5-9-13-23-33-34(24-14-10-6-2)36(26-16-12-8-4)44-43(35(33)25-15-11-7-3)51-58-49-41-31-21-19-29-39(41)47(56-49)54-45-37-27-17-18-28-38(37)46(53-45)55-48-40-30-20-22-32-42(40)50(57-48)59-52(44)60-51;;/h17-22,27-32H,5-16,23-26H2,1-4H3,(H2,53,54,55,56,57,58,59,60);;1H2/q;+1;/p-1. The van der Waals surface area contributed by atoms with Gasteiger partial charge in [-0.25, -0.2) is 29.9 Å². The maximum atomic E-state index is 6.81. The van der Waals surface area contributed by atoms with Crippen LogP contribution in [0.5, 0.6) is 0 Å². The van der Waals surface area contributed by atoms with Crippen molar-refractivity contribution in [3.8, 4) is 45.6 Å². The van der Waals surface area contributed by atoms with E-state index in [4.69, 9.17) is 34.1 Å². The molecule has 9 nitrogen and oxygen atoms in total. The summed E-state index contributed by atoms with van der Waals surface area (Å²) in [6, 6.07) is 25.0. The van der Waals surface area contributed by atoms with Crippen molar-refractivity contribution >= 4 is 44.1 Å². The molecule has 4 aromatic carbocycles. The number of fused-ring (bicyclic) bond motifs is 20. The van der Waals surface area contributed by atoms with E-state index in [-0.39, 0.29) is 0 Å². The molecule has 0 saturated heterocycles. The van der Waals surface area contributed by atoms with Crippen LogP contribution in [0.1, 0.15) is 127 Å². The van der Waals surface area contributed by atoms with Crippen molar-refractivity contribution in [2.45, 2.75) is 130 Å². The van der Waals surface area contributed by atoms with Gasteiger partial charge in [0.1, 0.15) is 22.6 Å². The quantitative estimate of drug-likeness (QED) is 0.0651. The molecule has 5 heterocycles. The molecule has 9 rings (SSSR count). The van der Waals surface area contributed by atoms with Crippen LogP contribution in [0.15, 0.2) is 72.8 Å². The first-order valence-electron chi connectivity index (χ1n) is 23.1. The Kier molecular flexibility index (Phi) is 14.2. The normalized spacial score (nSPS) is 11.8. The molecular formula is C52H59MnN8O. The van der Waals surface area contributed by atoms with Gasteiger partial charge in [-0.1, -0.05) is 152 Å². The van der Waals surface area contributed by atoms with Gasteiger partial charge < -0.3 is 9.97 Å². The Bertz CT molecular complexity index is 2670. The fraction of sp³-hybridized carbons (Fsp3) is 0.385. The van der Waals surface area contributed by atoms with Crippen molar-refractivity contribution in [3.05, 3.63) is 95.1 Å². The number of nitrogens with zero attached hydrogens (tertiary/aromatic N) is 6. The minimum atomic E-state index is 0.636. The van der Waals surface area contributed by atoms with Gasteiger partial charge >= 0.3 is 20.5 Å². The third kappa shape index (κ3) is 8.57. The van der Waals surface area contributed by atoms with Crippen LogP contribution in [-0.2, 0) is 42.0 Å². The molecule has 3 aromatic heterocycles. The molecule has 8 bridgehead atoms. The second-order valence-corrected chi connectivity index (χ2v) is 16.7. The number of H-pyrrole nitrogens is 2. The summed E-state index contributed by atoms with van der Waals surface area (Å²) >= 11 is 1.94. The zero-order valence-corrected chi connectivity index (χ0v) is 37.9. The fourth-order valence-corrected chi connectivity index (χ4v) is 9.53. The summed E-state index contributed by atoms with van der Waals surface area (Å²) in [7, 11) is 0. The van der Waals surface area contributed by atoms with Gasteiger partial charge in [-0.05, 0) is 73.6 Å². The van der Waals surface area contributed by atoms with Crippen molar-refractivity contribution in [1.82, 2.24) is 39.9 Å². The van der Waals surface area contributed by atoms with E-state index in [0.717, 1.165) is 82.8 Å². The molecule has 0 saturated carbocycles. The number of aryl methyl sites for hydroxylation is 2. The Morgan fingerprint density at radius 1 is 0.371 bits per heavy atom. The van der Waals surface area contributed by atoms with Crippen LogP contribution in [0.2, 0.25) is 0 Å². The van der Waals surface area contributed by atoms with Crippen LogP contribution in [0.3, 0.4) is 0 Å². The van der Waals surface area contributed by atoms with E-state index in [1.807, 2.05) is 28.5 Å². The van der Waals surface area contributed by atoms with E-state index in [1.165, 1.54) is 86.1 Å². The molecule has 0 amide bonds. The van der Waals surface area contributed by atoms with Crippen LogP contribution >= 0.6 is 0 Å². The average Bonchev–Trinajstić information content (AvgIpc) is 4.04. The zero-order chi connectivity index (χ0) is 43.0. The summed E-state index contributed by atoms with van der Waals surface area (Å²) < 4.78 is 6.81. The van der Waals surface area contributed by atoms with Crippen LogP contribution in [-0.4, -0.2) is 44.1 Å². The van der Waals surface area contributed by atoms with Gasteiger partial charge in [0.15, 0.2) is 23.3 Å². The molecule has 62 heavy (non-hydrogen) atoms. The van der Waals surface area contributed by atoms with Crippen LogP contribution in [0.25, 0.3) is 89.7 Å². The second kappa shape index (κ2) is 20.3. The molecule has 0 atom stereocenters. The van der Waals surface area contributed by atoms with E-state index in [9.17, 15) is 0 Å². The SMILES string of the molecule is CCCCCc1c(CCCCC)c(CCCCC)c2c3nc4nc(nc5[nH]c(nc6nc(nc([nH]3)c2c1CCCCC)-c1ccccc1-6)c1ccccc51)-c1ccccc1-4.[OH][Mn]. The molecule has 0 unspecified atom stereocenters. The number of rotatable bonds is 16. The Hall–Kier alpha value is -5.28. The third-order valence-electron chi connectivity index (χ3n) is 12.6. The van der Waals surface area contributed by atoms with Crippen molar-refractivity contribution < 1.29 is 20.5 Å². The molecule has 2 aliphatic rings. The summed E-state index contributed by atoms with van der Waals surface area (Å²) in [5, 5.41) is 4.39. The van der Waals surface area contributed by atoms with E-state index < -0.39 is 0 Å². The Morgan fingerprint density at radius 2 is 0.661 bits per heavy atom. The third-order valence-corrected chi connectivity index (χ3v) is 12.6. The first kappa shape index (κ1) is 43.4. The Labute approximate surface area is 373 Å². The molecule has 10 heteroatoms. The molecule has 0 fully saturated rings. The first-order valence-corrected chi connectivity index (χ1v) is 23.6. The van der Waals surface area contributed by atoms with Gasteiger partial charge in [0.05, 0.1) is 0 Å². The van der Waals surface area contributed by atoms with Gasteiger partial charge in [-0.2, -0.15) is 0 Å². The summed E-state index contributed by atoms with van der Waals surface area (Å²) in [6.45, 7) is 9.24. The predicted molar refractivity (Wildman–Crippen MR) is 251 cm³/mol. The number of hydrogen-bond donors (Lipinski definition) is 3. The monoisotopic (exact) mass is 866 g/mol. The van der Waals surface area contributed by atoms with Gasteiger partial charge in [-0.15, -0.1) is 0 Å². The van der Waals surface area contributed by atoms with Crippen LogP contribution in [0, 0.1) is 0 Å². The van der Waals surface area contributed by atoms with E-state index >= 15 is 0 Å². The topological polar surface area (TPSA) is 129 Å². The molecule has 320 valence electrons. The van der Waals surface area contributed by atoms with Crippen molar-refractivity contribution in [3.63, 3.8) is 0 Å². The van der Waals surface area contributed by atoms with E-state index in [0.29, 0.717) is 34.6 Å². The minimum absolute atomic E-state index is 0.636. The predicted octanol–water partition coefficient (Wildman–Crippen LogP) is 13.2. The Morgan fingerprint density at radius 3 is 1.00 bits per heavy atom. The van der Waals surface area contributed by atoms with Crippen molar-refractivity contribution in [2.75, 3.05) is 0 Å². The summed E-state index contributed by atoms with van der Waals surface area (Å²) in [5.41, 5.74) is 13.0. The number of hydrogen-bond acceptors (Lipinski definition) is 7. The number of benzene rings is 4. The maximum absolute atomic E-state index is 6.81. The molecule has 0 spiro atoms. The van der Waals surface area contributed by atoms with Gasteiger partial charge in [0.25, 0.3) is 0 Å². The van der Waals surface area contributed by atoms with E-state index in [2.05, 4.69) is 98.3 Å². The molecular weight excluding hydrogens is 808 g/mol. The van der Waals surface area contributed by atoms with E-state index in [1.54, 1.807) is 11.1 Å². The van der Waals surface area contributed by atoms with Crippen molar-refractivity contribution in [1.29, 1.82) is 0 Å². The molecule has 2 aliphatic heterocycles. The van der Waals surface area contributed by atoms with Gasteiger partial charge in [-0.3, -0.25) is 0 Å². The van der Waals surface area contributed by atoms with Crippen LogP contribution < -0.4 is 0 Å². The van der Waals surface area contributed by atoms with Gasteiger partial charge in [0.2, 0.25) is 0 Å². The number of aromatic amines is 2. The fourth-order valence-electron chi connectivity index (χ4n) is 9.53. The second-order valence-electron chi connectivity index (χ2n) is 16.7. The number of unbranched alkanes of at least 4 members (excludes halogenated alkanes) is 8. The summed E-state index contributed by atoms with van der Waals surface area (Å²) in [5.74, 6) is 2.60. The number of aromatic nitrogens is 8.